The molecule has 8 nitrogen and oxygen atoms in total. The topological polar surface area (TPSA) is 94.2 Å². The first kappa shape index (κ1) is 27.6. The fourth-order valence-corrected chi connectivity index (χ4v) is 4.91. The van der Waals surface area contributed by atoms with Crippen molar-refractivity contribution in [3.63, 3.8) is 0 Å². The molecule has 4 aromatic rings. The molecular formula is C33H30N2O6. The standard InChI is InChI=1S/C33H30N2O6/c1-22-28(32(37)40-20-19-39-2)30(34-33(38)35(22)21-23-11-5-3-6-12-23)29-26-16-10-9-13-24(26)17-18-27(29)41-31(36)25-14-7-4-8-15-25/h3-18,30H,19-21H2,1-2H3,(H,34,38). The van der Waals surface area contributed by atoms with Crippen molar-refractivity contribution in [2.75, 3.05) is 20.3 Å². The maximum Gasteiger partial charge on any atom is 0.343 e. The van der Waals surface area contributed by atoms with Crippen molar-refractivity contribution >= 4 is 28.7 Å². The first-order chi connectivity index (χ1) is 20.0. The van der Waals surface area contributed by atoms with Gasteiger partial charge in [0.1, 0.15) is 12.4 Å². The number of amides is 2. The SMILES string of the molecule is COCCOC(=O)C1=C(C)N(Cc2ccccc2)C(=O)NC1c1c(OC(=O)c2ccccc2)ccc2ccccc12. The molecule has 1 atom stereocenters. The highest BCUT2D eigenvalue weighted by atomic mass is 16.6. The molecule has 5 rings (SSSR count). The number of hydrogen-bond acceptors (Lipinski definition) is 6. The monoisotopic (exact) mass is 550 g/mol. The number of hydrogen-bond donors (Lipinski definition) is 1. The normalized spacial score (nSPS) is 15.0. The first-order valence-corrected chi connectivity index (χ1v) is 13.3. The number of allylic oxidation sites excluding steroid dienone is 1. The van der Waals surface area contributed by atoms with Crippen LogP contribution in [-0.4, -0.2) is 43.2 Å². The molecule has 0 spiro atoms. The molecule has 41 heavy (non-hydrogen) atoms. The minimum atomic E-state index is -0.950. The van der Waals surface area contributed by atoms with Gasteiger partial charge in [-0.1, -0.05) is 78.9 Å². The Bertz CT molecular complexity index is 1600. The molecule has 208 valence electrons. The number of carbonyl (C=O) groups excluding carboxylic acids is 3. The van der Waals surface area contributed by atoms with Crippen LogP contribution in [0.2, 0.25) is 0 Å². The second-order valence-corrected chi connectivity index (χ2v) is 9.54. The van der Waals surface area contributed by atoms with Gasteiger partial charge in [-0.15, -0.1) is 0 Å². The van der Waals surface area contributed by atoms with E-state index in [1.54, 1.807) is 37.3 Å². The molecule has 8 heteroatoms. The number of nitrogens with zero attached hydrogens (tertiary/aromatic N) is 1. The van der Waals surface area contributed by atoms with E-state index in [-0.39, 0.29) is 31.1 Å². The van der Waals surface area contributed by atoms with Crippen LogP contribution in [0, 0.1) is 0 Å². The minimum Gasteiger partial charge on any atom is -0.460 e. The zero-order valence-electron chi connectivity index (χ0n) is 22.8. The fourth-order valence-electron chi connectivity index (χ4n) is 4.91. The average Bonchev–Trinajstić information content (AvgIpc) is 3.00. The summed E-state index contributed by atoms with van der Waals surface area (Å²) in [5, 5.41) is 4.59. The maximum atomic E-state index is 13.6. The first-order valence-electron chi connectivity index (χ1n) is 13.3. The van der Waals surface area contributed by atoms with E-state index in [9.17, 15) is 14.4 Å². The molecule has 0 aliphatic carbocycles. The van der Waals surface area contributed by atoms with Crippen molar-refractivity contribution in [1.82, 2.24) is 10.2 Å². The Morgan fingerprint density at radius 1 is 0.829 bits per heavy atom. The number of methoxy groups -OCH3 is 1. The second-order valence-electron chi connectivity index (χ2n) is 9.54. The van der Waals surface area contributed by atoms with Gasteiger partial charge < -0.3 is 19.5 Å². The number of esters is 2. The van der Waals surface area contributed by atoms with E-state index in [2.05, 4.69) is 5.32 Å². The summed E-state index contributed by atoms with van der Waals surface area (Å²) in [6.07, 6.45) is 0. The number of ether oxygens (including phenoxy) is 3. The highest BCUT2D eigenvalue weighted by Crippen LogP contribution is 2.41. The lowest BCUT2D eigenvalue weighted by Gasteiger charge is -2.36. The van der Waals surface area contributed by atoms with E-state index in [1.807, 2.05) is 66.7 Å². The molecule has 2 amide bonds. The zero-order valence-corrected chi connectivity index (χ0v) is 22.8. The van der Waals surface area contributed by atoms with Crippen molar-refractivity contribution in [2.45, 2.75) is 19.5 Å². The van der Waals surface area contributed by atoms with E-state index >= 15 is 0 Å². The Morgan fingerprint density at radius 3 is 2.24 bits per heavy atom. The quantitative estimate of drug-likeness (QED) is 0.161. The number of benzene rings is 4. The van der Waals surface area contributed by atoms with Crippen molar-refractivity contribution in [3.05, 3.63) is 125 Å². The molecule has 0 saturated heterocycles. The third-order valence-electron chi connectivity index (χ3n) is 6.95. The molecule has 1 aliphatic heterocycles. The molecule has 1 unspecified atom stereocenters. The third-order valence-corrected chi connectivity index (χ3v) is 6.95. The predicted molar refractivity (Wildman–Crippen MR) is 154 cm³/mol. The summed E-state index contributed by atoms with van der Waals surface area (Å²) in [6, 6.07) is 27.9. The summed E-state index contributed by atoms with van der Waals surface area (Å²) >= 11 is 0. The number of nitrogens with one attached hydrogen (secondary N) is 1. The van der Waals surface area contributed by atoms with Gasteiger partial charge in [-0.3, -0.25) is 4.90 Å². The molecule has 0 radical (unpaired) electrons. The Labute approximate surface area is 238 Å². The number of fused-ring (bicyclic) bond motifs is 1. The highest BCUT2D eigenvalue weighted by Gasteiger charge is 2.39. The Morgan fingerprint density at radius 2 is 1.51 bits per heavy atom. The lowest BCUT2D eigenvalue weighted by atomic mass is 9.90. The van der Waals surface area contributed by atoms with Crippen molar-refractivity contribution in [1.29, 1.82) is 0 Å². The van der Waals surface area contributed by atoms with E-state index in [1.165, 1.54) is 12.0 Å². The molecule has 1 aliphatic rings. The van der Waals surface area contributed by atoms with Crippen LogP contribution in [0.15, 0.2) is 108 Å². The Hall–Kier alpha value is -4.95. The van der Waals surface area contributed by atoms with Crippen LogP contribution in [0.4, 0.5) is 4.79 Å². The van der Waals surface area contributed by atoms with E-state index in [0.29, 0.717) is 16.8 Å². The van der Waals surface area contributed by atoms with Crippen LogP contribution in [-0.2, 0) is 20.8 Å². The zero-order chi connectivity index (χ0) is 28.8. The second kappa shape index (κ2) is 12.5. The number of urea groups is 1. The van der Waals surface area contributed by atoms with Gasteiger partial charge in [0.05, 0.1) is 30.3 Å². The Balaban J connectivity index is 1.63. The average molecular weight is 551 g/mol. The molecule has 1 N–H and O–H groups in total. The lowest BCUT2D eigenvalue weighted by molar-refractivity contribution is -0.140. The van der Waals surface area contributed by atoms with Gasteiger partial charge >= 0.3 is 18.0 Å². The van der Waals surface area contributed by atoms with Crippen molar-refractivity contribution in [2.24, 2.45) is 0 Å². The van der Waals surface area contributed by atoms with E-state index in [4.69, 9.17) is 14.2 Å². The van der Waals surface area contributed by atoms with Crippen molar-refractivity contribution < 1.29 is 28.6 Å². The van der Waals surface area contributed by atoms with Gasteiger partial charge in [0.2, 0.25) is 0 Å². The molecular weight excluding hydrogens is 520 g/mol. The van der Waals surface area contributed by atoms with Crippen LogP contribution < -0.4 is 10.1 Å². The fraction of sp³-hybridized carbons (Fsp3) is 0.182. The summed E-state index contributed by atoms with van der Waals surface area (Å²) in [7, 11) is 1.52. The minimum absolute atomic E-state index is 0.0385. The van der Waals surface area contributed by atoms with Gasteiger partial charge in [0.25, 0.3) is 0 Å². The van der Waals surface area contributed by atoms with E-state index < -0.39 is 24.0 Å². The molecule has 4 aromatic carbocycles. The van der Waals surface area contributed by atoms with Gasteiger partial charge in [0.15, 0.2) is 0 Å². The maximum absolute atomic E-state index is 13.6. The summed E-state index contributed by atoms with van der Waals surface area (Å²) in [4.78, 5) is 41.9. The van der Waals surface area contributed by atoms with Crippen LogP contribution in [0.1, 0.15) is 34.5 Å². The predicted octanol–water partition coefficient (Wildman–Crippen LogP) is 5.79. The van der Waals surface area contributed by atoms with E-state index in [0.717, 1.165) is 16.3 Å². The summed E-state index contributed by atoms with van der Waals surface area (Å²) in [6.45, 7) is 2.24. The Kier molecular flexibility index (Phi) is 8.41. The number of carbonyl (C=O) groups is 3. The molecule has 0 fully saturated rings. The van der Waals surface area contributed by atoms with Gasteiger partial charge in [-0.25, -0.2) is 14.4 Å². The molecule has 0 aromatic heterocycles. The molecule has 0 saturated carbocycles. The van der Waals surface area contributed by atoms with Gasteiger partial charge in [0, 0.05) is 18.4 Å². The summed E-state index contributed by atoms with van der Waals surface area (Å²) in [5.74, 6) is -0.926. The van der Waals surface area contributed by atoms with Gasteiger partial charge in [-0.2, -0.15) is 0 Å². The van der Waals surface area contributed by atoms with Crippen LogP contribution >= 0.6 is 0 Å². The highest BCUT2D eigenvalue weighted by molar-refractivity contribution is 5.99. The molecule has 0 bridgehead atoms. The lowest BCUT2D eigenvalue weighted by Crippen LogP contribution is -2.47. The largest absolute Gasteiger partial charge is 0.460 e. The smallest absolute Gasteiger partial charge is 0.343 e. The summed E-state index contributed by atoms with van der Waals surface area (Å²) in [5.41, 5.74) is 2.44. The third kappa shape index (κ3) is 5.97. The van der Waals surface area contributed by atoms with Crippen LogP contribution in [0.3, 0.4) is 0 Å². The molecule has 1 heterocycles. The van der Waals surface area contributed by atoms with Gasteiger partial charge in [-0.05, 0) is 41.5 Å². The van der Waals surface area contributed by atoms with Crippen LogP contribution in [0.25, 0.3) is 10.8 Å². The number of rotatable bonds is 9. The van der Waals surface area contributed by atoms with Crippen molar-refractivity contribution in [3.8, 4) is 5.75 Å². The van der Waals surface area contributed by atoms with Crippen LogP contribution in [0.5, 0.6) is 5.75 Å². The summed E-state index contributed by atoms with van der Waals surface area (Å²) < 4.78 is 16.6.